The molecule has 116 valence electrons. The molecule has 0 saturated carbocycles. The molecule has 0 bridgehead atoms. The summed E-state index contributed by atoms with van der Waals surface area (Å²) in [6.45, 7) is 5.78. The predicted molar refractivity (Wildman–Crippen MR) is 85.5 cm³/mol. The van der Waals surface area contributed by atoms with E-state index in [-0.39, 0.29) is 6.54 Å². The first-order valence-corrected chi connectivity index (χ1v) is 9.04. The summed E-state index contributed by atoms with van der Waals surface area (Å²) in [6, 6.07) is 5.28. The lowest BCUT2D eigenvalue weighted by atomic mass is 10.2. The largest absolute Gasteiger partial charge is 0.241 e. The van der Waals surface area contributed by atoms with Crippen LogP contribution in [0.25, 0.3) is 4.96 Å². The highest BCUT2D eigenvalue weighted by Gasteiger charge is 2.17. The van der Waals surface area contributed by atoms with Crippen LogP contribution < -0.4 is 4.72 Å². The van der Waals surface area contributed by atoms with Crippen molar-refractivity contribution in [2.75, 3.05) is 0 Å². The summed E-state index contributed by atoms with van der Waals surface area (Å²) in [4.78, 5) is 5.37. The van der Waals surface area contributed by atoms with Gasteiger partial charge in [-0.05, 0) is 32.4 Å². The van der Waals surface area contributed by atoms with Crippen molar-refractivity contribution in [1.29, 1.82) is 0 Å². The minimum atomic E-state index is -3.55. The molecule has 22 heavy (non-hydrogen) atoms. The molecule has 2 aromatic heterocycles. The monoisotopic (exact) mass is 336 g/mol. The summed E-state index contributed by atoms with van der Waals surface area (Å²) in [5.41, 5.74) is 2.66. The van der Waals surface area contributed by atoms with Crippen molar-refractivity contribution in [2.24, 2.45) is 0 Å². The third kappa shape index (κ3) is 2.90. The Balaban J connectivity index is 1.80. The van der Waals surface area contributed by atoms with Gasteiger partial charge in [-0.25, -0.2) is 22.6 Å². The molecule has 0 spiro atoms. The highest BCUT2D eigenvalue weighted by atomic mass is 32.2. The highest BCUT2D eigenvalue weighted by molar-refractivity contribution is 7.89. The molecule has 0 amide bonds. The number of aryl methyl sites for hydroxylation is 3. The molecular weight excluding hydrogens is 320 g/mol. The molecule has 0 atom stereocenters. The van der Waals surface area contributed by atoms with Gasteiger partial charge in [-0.15, -0.1) is 0 Å². The summed E-state index contributed by atoms with van der Waals surface area (Å²) in [6.07, 6.45) is 1.81. The zero-order valence-corrected chi connectivity index (χ0v) is 14.1. The van der Waals surface area contributed by atoms with Crippen molar-refractivity contribution in [3.05, 3.63) is 46.2 Å². The Bertz CT molecular complexity index is 910. The van der Waals surface area contributed by atoms with Gasteiger partial charge in [-0.1, -0.05) is 29.0 Å². The standard InChI is InChI=1S/C14H16N4O2S2/c1-9-4-5-12(10(2)6-9)22(19,20)15-7-13-17-18-8-11(3)16-14(18)21-13/h4-6,8,15H,7H2,1-3H3. The number of aromatic nitrogens is 3. The van der Waals surface area contributed by atoms with E-state index in [1.807, 2.05) is 26.1 Å². The Morgan fingerprint density at radius 3 is 2.73 bits per heavy atom. The first-order valence-electron chi connectivity index (χ1n) is 6.74. The summed E-state index contributed by atoms with van der Waals surface area (Å²) < 4.78 is 29.0. The zero-order valence-electron chi connectivity index (χ0n) is 12.5. The van der Waals surface area contributed by atoms with E-state index in [4.69, 9.17) is 0 Å². The van der Waals surface area contributed by atoms with Gasteiger partial charge in [0.15, 0.2) is 0 Å². The second kappa shape index (κ2) is 5.45. The highest BCUT2D eigenvalue weighted by Crippen LogP contribution is 2.18. The van der Waals surface area contributed by atoms with Crippen LogP contribution in [0.5, 0.6) is 0 Å². The predicted octanol–water partition coefficient (Wildman–Crippen LogP) is 2.19. The fourth-order valence-corrected chi connectivity index (χ4v) is 4.42. The van der Waals surface area contributed by atoms with E-state index < -0.39 is 10.0 Å². The molecular formula is C14H16N4O2S2. The van der Waals surface area contributed by atoms with Crippen molar-refractivity contribution >= 4 is 26.3 Å². The van der Waals surface area contributed by atoms with Gasteiger partial charge in [0.05, 0.1) is 23.3 Å². The first-order chi connectivity index (χ1) is 10.3. The normalized spacial score (nSPS) is 12.1. The maximum absolute atomic E-state index is 12.4. The van der Waals surface area contributed by atoms with Crippen molar-refractivity contribution in [1.82, 2.24) is 19.3 Å². The molecule has 8 heteroatoms. The van der Waals surface area contributed by atoms with Crippen LogP contribution in [0.2, 0.25) is 0 Å². The quantitative estimate of drug-likeness (QED) is 0.792. The zero-order chi connectivity index (χ0) is 15.9. The maximum atomic E-state index is 12.4. The minimum Gasteiger partial charge on any atom is -0.223 e. The lowest BCUT2D eigenvalue weighted by molar-refractivity contribution is 0.580. The van der Waals surface area contributed by atoms with Gasteiger partial charge in [-0.2, -0.15) is 5.10 Å². The van der Waals surface area contributed by atoms with Gasteiger partial charge in [0.2, 0.25) is 15.0 Å². The van der Waals surface area contributed by atoms with Gasteiger partial charge in [-0.3, -0.25) is 0 Å². The van der Waals surface area contributed by atoms with Crippen LogP contribution in [0.1, 0.15) is 21.8 Å². The molecule has 0 fully saturated rings. The van der Waals surface area contributed by atoms with E-state index in [2.05, 4.69) is 14.8 Å². The molecule has 0 radical (unpaired) electrons. The van der Waals surface area contributed by atoms with Crippen molar-refractivity contribution < 1.29 is 8.42 Å². The SMILES string of the molecule is Cc1ccc(S(=O)(=O)NCc2nn3cc(C)nc3s2)c(C)c1. The van der Waals surface area contributed by atoms with Crippen LogP contribution in [0, 0.1) is 20.8 Å². The fourth-order valence-electron chi connectivity index (χ4n) is 2.26. The van der Waals surface area contributed by atoms with Gasteiger partial charge < -0.3 is 0 Å². The Labute approximate surface area is 132 Å². The number of imidazole rings is 1. The molecule has 0 unspecified atom stereocenters. The number of hydrogen-bond acceptors (Lipinski definition) is 5. The molecule has 0 aliphatic carbocycles. The van der Waals surface area contributed by atoms with Crippen molar-refractivity contribution in [3.8, 4) is 0 Å². The summed E-state index contributed by atoms with van der Waals surface area (Å²) >= 11 is 1.37. The van der Waals surface area contributed by atoms with Crippen LogP contribution in [-0.2, 0) is 16.6 Å². The number of fused-ring (bicyclic) bond motifs is 1. The smallest absolute Gasteiger partial charge is 0.223 e. The van der Waals surface area contributed by atoms with Crippen LogP contribution in [-0.4, -0.2) is 23.0 Å². The molecule has 1 N–H and O–H groups in total. The van der Waals surface area contributed by atoms with Crippen LogP contribution in [0.15, 0.2) is 29.3 Å². The Morgan fingerprint density at radius 1 is 1.27 bits per heavy atom. The number of nitrogens with zero attached hydrogens (tertiary/aromatic N) is 3. The average molecular weight is 336 g/mol. The third-order valence-electron chi connectivity index (χ3n) is 3.24. The first kappa shape index (κ1) is 15.1. The molecule has 6 nitrogen and oxygen atoms in total. The van der Waals surface area contributed by atoms with Crippen molar-refractivity contribution in [2.45, 2.75) is 32.2 Å². The number of benzene rings is 1. The maximum Gasteiger partial charge on any atom is 0.241 e. The number of sulfonamides is 1. The second-order valence-corrected chi connectivity index (χ2v) is 7.97. The number of nitrogens with one attached hydrogen (secondary N) is 1. The number of rotatable bonds is 4. The van der Waals surface area contributed by atoms with Gasteiger partial charge >= 0.3 is 0 Å². The third-order valence-corrected chi connectivity index (χ3v) is 5.72. The van der Waals surface area contributed by atoms with Crippen LogP contribution in [0.4, 0.5) is 0 Å². The van der Waals surface area contributed by atoms with E-state index in [0.717, 1.165) is 21.8 Å². The molecule has 0 aliphatic rings. The average Bonchev–Trinajstić information content (AvgIpc) is 2.92. The van der Waals surface area contributed by atoms with Crippen LogP contribution >= 0.6 is 11.3 Å². The van der Waals surface area contributed by atoms with Gasteiger partial charge in [0, 0.05) is 0 Å². The summed E-state index contributed by atoms with van der Waals surface area (Å²) in [7, 11) is -3.55. The second-order valence-electron chi connectivity index (χ2n) is 5.20. The lowest BCUT2D eigenvalue weighted by Crippen LogP contribution is -2.24. The van der Waals surface area contributed by atoms with E-state index >= 15 is 0 Å². The van der Waals surface area contributed by atoms with Crippen LogP contribution in [0.3, 0.4) is 0 Å². The molecule has 0 saturated heterocycles. The molecule has 1 aromatic carbocycles. The Kier molecular flexibility index (Phi) is 3.75. The van der Waals surface area contributed by atoms with Crippen molar-refractivity contribution in [3.63, 3.8) is 0 Å². The fraction of sp³-hybridized carbons (Fsp3) is 0.286. The summed E-state index contributed by atoms with van der Waals surface area (Å²) in [5.74, 6) is 0. The van der Waals surface area contributed by atoms with E-state index in [9.17, 15) is 8.42 Å². The van der Waals surface area contributed by atoms with E-state index in [1.165, 1.54) is 11.3 Å². The molecule has 3 rings (SSSR count). The Morgan fingerprint density at radius 2 is 2.05 bits per heavy atom. The minimum absolute atomic E-state index is 0.155. The molecule has 3 aromatic rings. The lowest BCUT2D eigenvalue weighted by Gasteiger charge is -2.08. The van der Waals surface area contributed by atoms with E-state index in [0.29, 0.717) is 9.90 Å². The Hall–Kier alpha value is -1.77. The van der Waals surface area contributed by atoms with Gasteiger partial charge in [0.1, 0.15) is 5.01 Å². The van der Waals surface area contributed by atoms with E-state index in [1.54, 1.807) is 23.6 Å². The topological polar surface area (TPSA) is 76.4 Å². The summed E-state index contributed by atoms with van der Waals surface area (Å²) in [5, 5.41) is 4.99. The number of hydrogen-bond donors (Lipinski definition) is 1. The molecule has 0 aliphatic heterocycles. The van der Waals surface area contributed by atoms with Gasteiger partial charge in [0.25, 0.3) is 0 Å². The molecule has 2 heterocycles.